The lowest BCUT2D eigenvalue weighted by atomic mass is 10.1. The van der Waals surface area contributed by atoms with Crippen LogP contribution in [0.4, 0.5) is 14.5 Å². The maximum Gasteiger partial charge on any atom is 0.251 e. The number of rotatable bonds is 3. The minimum atomic E-state index is -1.07. The van der Waals surface area contributed by atoms with Crippen LogP contribution in [0.1, 0.15) is 22.3 Å². The van der Waals surface area contributed by atoms with E-state index in [1.54, 1.807) is 25.2 Å². The van der Waals surface area contributed by atoms with E-state index in [9.17, 15) is 18.4 Å². The fraction of sp³-hybridized carbons (Fsp3) is 0.222. The van der Waals surface area contributed by atoms with Crippen molar-refractivity contribution in [1.82, 2.24) is 5.32 Å². The van der Waals surface area contributed by atoms with Gasteiger partial charge in [-0.15, -0.1) is 0 Å². The normalized spacial score (nSPS) is 13.7. The first kappa shape index (κ1) is 16.9. The van der Waals surface area contributed by atoms with Crippen LogP contribution in [-0.4, -0.2) is 25.5 Å². The minimum Gasteiger partial charge on any atom is -0.491 e. The summed E-state index contributed by atoms with van der Waals surface area (Å²) in [6, 6.07) is 8.24. The lowest BCUT2D eigenvalue weighted by molar-refractivity contribution is -0.118. The zero-order valence-corrected chi connectivity index (χ0v) is 13.5. The van der Waals surface area contributed by atoms with E-state index in [-0.39, 0.29) is 18.0 Å². The molecule has 0 atom stereocenters. The molecular weight excluding hydrogens is 330 g/mol. The van der Waals surface area contributed by atoms with E-state index in [2.05, 4.69) is 5.32 Å². The van der Waals surface area contributed by atoms with Crippen LogP contribution in [0.25, 0.3) is 0 Å². The third-order valence-corrected chi connectivity index (χ3v) is 3.97. The number of nitrogens with zero attached hydrogens (tertiary/aromatic N) is 1. The monoisotopic (exact) mass is 346 g/mol. The Hall–Kier alpha value is -2.96. The van der Waals surface area contributed by atoms with Crippen molar-refractivity contribution in [3.05, 3.63) is 59.2 Å². The first-order chi connectivity index (χ1) is 12.0. The van der Waals surface area contributed by atoms with Crippen molar-refractivity contribution in [2.75, 3.05) is 18.6 Å². The SMILES string of the molecule is CN1C(=O)CCOc2ccc(CNC(=O)c3ccc(F)c(F)c3)cc21. The van der Waals surface area contributed by atoms with Gasteiger partial charge in [-0.2, -0.15) is 0 Å². The largest absolute Gasteiger partial charge is 0.491 e. The number of hydrogen-bond donors (Lipinski definition) is 1. The molecule has 0 unspecified atom stereocenters. The lowest BCUT2D eigenvalue weighted by Gasteiger charge is -2.17. The number of nitrogens with one attached hydrogen (secondary N) is 1. The predicted molar refractivity (Wildman–Crippen MR) is 87.5 cm³/mol. The second-order valence-corrected chi connectivity index (χ2v) is 5.66. The molecule has 0 bridgehead atoms. The van der Waals surface area contributed by atoms with E-state index in [4.69, 9.17) is 4.74 Å². The third kappa shape index (κ3) is 3.60. The van der Waals surface area contributed by atoms with Crippen LogP contribution < -0.4 is 15.0 Å². The average molecular weight is 346 g/mol. The van der Waals surface area contributed by atoms with Crippen LogP contribution in [0, 0.1) is 11.6 Å². The molecule has 1 aliphatic heterocycles. The van der Waals surface area contributed by atoms with Gasteiger partial charge in [0.2, 0.25) is 5.91 Å². The molecule has 5 nitrogen and oxygen atoms in total. The first-order valence-electron chi connectivity index (χ1n) is 7.71. The minimum absolute atomic E-state index is 0.0317. The summed E-state index contributed by atoms with van der Waals surface area (Å²) in [5.74, 6) is -2.05. The summed E-state index contributed by atoms with van der Waals surface area (Å²) in [5.41, 5.74) is 1.41. The molecule has 2 aromatic rings. The Bertz CT molecular complexity index is 839. The van der Waals surface area contributed by atoms with Gasteiger partial charge < -0.3 is 15.0 Å². The van der Waals surface area contributed by atoms with Crippen molar-refractivity contribution >= 4 is 17.5 Å². The third-order valence-electron chi connectivity index (χ3n) is 3.97. The van der Waals surface area contributed by atoms with Crippen LogP contribution in [0.5, 0.6) is 5.75 Å². The van der Waals surface area contributed by atoms with Gasteiger partial charge in [0.1, 0.15) is 5.75 Å². The smallest absolute Gasteiger partial charge is 0.251 e. The highest BCUT2D eigenvalue weighted by Gasteiger charge is 2.20. The molecule has 25 heavy (non-hydrogen) atoms. The van der Waals surface area contributed by atoms with Crippen LogP contribution in [0.15, 0.2) is 36.4 Å². The van der Waals surface area contributed by atoms with E-state index in [1.165, 1.54) is 11.0 Å². The number of carbonyl (C=O) groups excluding carboxylic acids is 2. The van der Waals surface area contributed by atoms with Crippen molar-refractivity contribution in [1.29, 1.82) is 0 Å². The zero-order chi connectivity index (χ0) is 18.0. The van der Waals surface area contributed by atoms with Gasteiger partial charge in [-0.1, -0.05) is 6.07 Å². The molecule has 0 saturated carbocycles. The van der Waals surface area contributed by atoms with Gasteiger partial charge in [0.25, 0.3) is 5.91 Å². The molecule has 1 aliphatic rings. The molecular formula is C18H16F2N2O3. The second-order valence-electron chi connectivity index (χ2n) is 5.66. The van der Waals surface area contributed by atoms with E-state index in [0.29, 0.717) is 24.5 Å². The summed E-state index contributed by atoms with van der Waals surface area (Å²) in [5, 5.41) is 2.64. The highest BCUT2D eigenvalue weighted by molar-refractivity contribution is 5.95. The first-order valence-corrected chi connectivity index (χ1v) is 7.71. The van der Waals surface area contributed by atoms with Crippen LogP contribution >= 0.6 is 0 Å². The summed E-state index contributed by atoms with van der Waals surface area (Å²) in [4.78, 5) is 25.5. The lowest BCUT2D eigenvalue weighted by Crippen LogP contribution is -2.26. The van der Waals surface area contributed by atoms with Gasteiger partial charge in [0, 0.05) is 19.2 Å². The van der Waals surface area contributed by atoms with Gasteiger partial charge in [-0.25, -0.2) is 8.78 Å². The van der Waals surface area contributed by atoms with E-state index < -0.39 is 17.5 Å². The fourth-order valence-electron chi connectivity index (χ4n) is 2.53. The van der Waals surface area contributed by atoms with Gasteiger partial charge in [0.05, 0.1) is 18.7 Å². The van der Waals surface area contributed by atoms with E-state index in [0.717, 1.165) is 17.7 Å². The molecule has 3 rings (SSSR count). The van der Waals surface area contributed by atoms with Crippen molar-refractivity contribution in [3.8, 4) is 5.75 Å². The number of fused-ring (bicyclic) bond motifs is 1. The topological polar surface area (TPSA) is 58.6 Å². The number of carbonyl (C=O) groups is 2. The zero-order valence-electron chi connectivity index (χ0n) is 13.5. The Kier molecular flexibility index (Phi) is 4.65. The molecule has 0 aromatic heterocycles. The summed E-state index contributed by atoms with van der Waals surface area (Å²) < 4.78 is 31.7. The van der Waals surface area contributed by atoms with Gasteiger partial charge in [0.15, 0.2) is 11.6 Å². The van der Waals surface area contributed by atoms with Crippen molar-refractivity contribution in [3.63, 3.8) is 0 Å². The Morgan fingerprint density at radius 2 is 2.00 bits per heavy atom. The summed E-state index contributed by atoms with van der Waals surface area (Å²) in [6.45, 7) is 0.496. The molecule has 0 fully saturated rings. The van der Waals surface area contributed by atoms with Gasteiger partial charge in [-0.3, -0.25) is 9.59 Å². The number of amides is 2. The molecule has 0 radical (unpaired) electrons. The molecule has 130 valence electrons. The Balaban J connectivity index is 1.73. The summed E-state index contributed by atoms with van der Waals surface area (Å²) >= 11 is 0. The summed E-state index contributed by atoms with van der Waals surface area (Å²) in [7, 11) is 1.67. The molecule has 2 aromatic carbocycles. The van der Waals surface area contributed by atoms with Crippen molar-refractivity contribution in [2.45, 2.75) is 13.0 Å². The van der Waals surface area contributed by atoms with Crippen LogP contribution in [0.3, 0.4) is 0 Å². The van der Waals surface area contributed by atoms with Crippen LogP contribution in [0.2, 0.25) is 0 Å². The van der Waals surface area contributed by atoms with E-state index in [1.807, 2.05) is 0 Å². The second kappa shape index (κ2) is 6.88. The molecule has 0 aliphatic carbocycles. The highest BCUT2D eigenvalue weighted by Crippen LogP contribution is 2.31. The average Bonchev–Trinajstić information content (AvgIpc) is 2.74. The fourth-order valence-corrected chi connectivity index (χ4v) is 2.53. The van der Waals surface area contributed by atoms with Crippen LogP contribution in [-0.2, 0) is 11.3 Å². The molecule has 0 saturated heterocycles. The molecule has 7 heteroatoms. The number of hydrogen-bond acceptors (Lipinski definition) is 3. The Morgan fingerprint density at radius 1 is 1.20 bits per heavy atom. The summed E-state index contributed by atoms with van der Waals surface area (Å²) in [6.07, 6.45) is 0.299. The van der Waals surface area contributed by atoms with E-state index >= 15 is 0 Å². The standard InChI is InChI=1S/C18H16F2N2O3/c1-22-15-8-11(2-5-16(15)25-7-6-17(22)23)10-21-18(24)12-3-4-13(19)14(20)9-12/h2-5,8-9H,6-7,10H2,1H3,(H,21,24). The Morgan fingerprint density at radius 3 is 2.76 bits per heavy atom. The number of halogens is 2. The molecule has 1 heterocycles. The molecule has 2 amide bonds. The van der Waals surface area contributed by atoms with Crippen molar-refractivity contribution < 1.29 is 23.1 Å². The highest BCUT2D eigenvalue weighted by atomic mass is 19.2. The molecule has 0 spiro atoms. The Labute approximate surface area is 143 Å². The quantitative estimate of drug-likeness (QED) is 0.930. The van der Waals surface area contributed by atoms with Crippen molar-refractivity contribution in [2.24, 2.45) is 0 Å². The maximum atomic E-state index is 13.2. The number of ether oxygens (including phenoxy) is 1. The maximum absolute atomic E-state index is 13.2. The molecule has 1 N–H and O–H groups in total. The van der Waals surface area contributed by atoms with Gasteiger partial charge in [-0.05, 0) is 35.9 Å². The number of anilines is 1. The van der Waals surface area contributed by atoms with Gasteiger partial charge >= 0.3 is 0 Å². The number of benzene rings is 2. The predicted octanol–water partition coefficient (Wildman–Crippen LogP) is 2.64.